The maximum Gasteiger partial charge on any atom is 0.241 e. The number of ether oxygens (including phenoxy) is 2. The predicted molar refractivity (Wildman–Crippen MR) is 159 cm³/mol. The number of pyridine rings is 1. The fourth-order valence-electron chi connectivity index (χ4n) is 6.27. The number of nitrogens with one attached hydrogen (secondary N) is 2. The van der Waals surface area contributed by atoms with Crippen LogP contribution in [0.15, 0.2) is 30.3 Å². The van der Waals surface area contributed by atoms with Gasteiger partial charge in [-0.3, -0.25) is 14.6 Å². The smallest absolute Gasteiger partial charge is 0.241 e. The lowest BCUT2D eigenvalue weighted by Crippen LogP contribution is -2.63. The number of amides is 1. The number of hydrogen-bond acceptors (Lipinski definition) is 8. The van der Waals surface area contributed by atoms with E-state index in [-0.39, 0.29) is 23.8 Å². The number of benzene rings is 1. The van der Waals surface area contributed by atoms with Crippen molar-refractivity contribution in [2.24, 2.45) is 0 Å². The van der Waals surface area contributed by atoms with Crippen LogP contribution in [-0.2, 0) is 16.0 Å². The molecule has 2 aromatic rings. The minimum atomic E-state index is -0.263. The van der Waals surface area contributed by atoms with E-state index in [1.807, 2.05) is 24.8 Å². The van der Waals surface area contributed by atoms with Gasteiger partial charge in [-0.05, 0) is 58.4 Å². The highest BCUT2D eigenvalue weighted by Gasteiger charge is 2.37. The first-order chi connectivity index (χ1) is 19.7. The third-order valence-corrected chi connectivity index (χ3v) is 8.47. The number of piperazine rings is 1. The van der Waals surface area contributed by atoms with E-state index in [1.54, 1.807) is 12.1 Å². The van der Waals surface area contributed by atoms with Crippen LogP contribution in [0.1, 0.15) is 45.7 Å². The first-order valence-corrected chi connectivity index (χ1v) is 15.0. The second-order valence-corrected chi connectivity index (χ2v) is 11.9. The van der Waals surface area contributed by atoms with Crippen molar-refractivity contribution < 1.29 is 18.7 Å². The van der Waals surface area contributed by atoms with Gasteiger partial charge in [0.1, 0.15) is 23.9 Å². The van der Waals surface area contributed by atoms with E-state index >= 15 is 0 Å². The molecule has 9 nitrogen and oxygen atoms in total. The molecule has 41 heavy (non-hydrogen) atoms. The van der Waals surface area contributed by atoms with Crippen LogP contribution in [0.2, 0.25) is 0 Å². The van der Waals surface area contributed by atoms with Gasteiger partial charge in [-0.25, -0.2) is 4.39 Å². The van der Waals surface area contributed by atoms with Crippen molar-refractivity contribution in [1.82, 2.24) is 20.1 Å². The van der Waals surface area contributed by atoms with E-state index in [0.29, 0.717) is 55.8 Å². The topological polar surface area (TPSA) is 82.2 Å². The Labute approximate surface area is 243 Å². The van der Waals surface area contributed by atoms with E-state index in [0.717, 1.165) is 49.8 Å². The summed E-state index contributed by atoms with van der Waals surface area (Å²) in [6.45, 7) is 16.1. The molecule has 1 aromatic carbocycles. The molecule has 0 bridgehead atoms. The molecule has 0 saturated carbocycles. The summed E-state index contributed by atoms with van der Waals surface area (Å²) in [4.78, 5) is 25.7. The summed E-state index contributed by atoms with van der Waals surface area (Å²) in [5.74, 6) is 0.981. The van der Waals surface area contributed by atoms with Crippen LogP contribution >= 0.6 is 0 Å². The van der Waals surface area contributed by atoms with E-state index in [4.69, 9.17) is 14.5 Å². The second-order valence-electron chi connectivity index (χ2n) is 11.9. The molecule has 10 heteroatoms. The third kappa shape index (κ3) is 6.83. The molecule has 5 rings (SSSR count). The molecule has 0 radical (unpaired) electrons. The lowest BCUT2D eigenvalue weighted by molar-refractivity contribution is -0.122. The average molecular weight is 569 g/mol. The zero-order valence-electron chi connectivity index (χ0n) is 25.0. The van der Waals surface area contributed by atoms with Gasteiger partial charge in [0.25, 0.3) is 0 Å². The SMILES string of the molecule is CCNc1nc2c(cc1Cc1ccc(F)cc1)N(C(=O)CN1C[C@@H](C)NC[C@@H]1CN1[C@H](C)COC[C@H]1C)[C@@H](C)CO2. The molecule has 1 amide bonds. The number of nitrogens with zero attached hydrogens (tertiary/aromatic N) is 4. The quantitative estimate of drug-likeness (QED) is 0.503. The number of fused-ring (bicyclic) bond motifs is 1. The molecule has 3 aliphatic rings. The molecule has 0 unspecified atom stereocenters. The Hall–Kier alpha value is -2.79. The number of aromatic nitrogens is 1. The highest BCUT2D eigenvalue weighted by atomic mass is 19.1. The van der Waals surface area contributed by atoms with E-state index in [2.05, 4.69) is 41.2 Å². The Morgan fingerprint density at radius 1 is 1.10 bits per heavy atom. The fourth-order valence-corrected chi connectivity index (χ4v) is 6.27. The number of hydrogen-bond donors (Lipinski definition) is 2. The van der Waals surface area contributed by atoms with Crippen molar-refractivity contribution in [3.63, 3.8) is 0 Å². The molecule has 4 heterocycles. The number of halogens is 1. The highest BCUT2D eigenvalue weighted by Crippen LogP contribution is 2.37. The van der Waals surface area contributed by atoms with Crippen molar-refractivity contribution in [3.05, 3.63) is 47.3 Å². The van der Waals surface area contributed by atoms with Crippen molar-refractivity contribution >= 4 is 17.4 Å². The van der Waals surface area contributed by atoms with Gasteiger partial charge < -0.3 is 25.0 Å². The van der Waals surface area contributed by atoms with Crippen LogP contribution in [0.25, 0.3) is 0 Å². The molecule has 0 spiro atoms. The summed E-state index contributed by atoms with van der Waals surface area (Å²) < 4.78 is 25.3. The zero-order chi connectivity index (χ0) is 29.1. The number of anilines is 2. The maximum absolute atomic E-state index is 14.1. The molecule has 5 atom stereocenters. The second kappa shape index (κ2) is 13.0. The third-order valence-electron chi connectivity index (χ3n) is 8.47. The summed E-state index contributed by atoms with van der Waals surface area (Å²) in [5, 5.41) is 6.96. The van der Waals surface area contributed by atoms with Gasteiger partial charge in [0, 0.05) is 62.3 Å². The molecular weight excluding hydrogens is 523 g/mol. The van der Waals surface area contributed by atoms with Crippen molar-refractivity contribution in [1.29, 1.82) is 0 Å². The molecule has 224 valence electrons. The van der Waals surface area contributed by atoms with Crippen LogP contribution in [0.5, 0.6) is 5.88 Å². The molecular formula is C31H45FN6O3. The van der Waals surface area contributed by atoms with Gasteiger partial charge in [0.15, 0.2) is 0 Å². The fraction of sp³-hybridized carbons (Fsp3) is 0.613. The summed E-state index contributed by atoms with van der Waals surface area (Å²) in [6, 6.07) is 9.62. The van der Waals surface area contributed by atoms with Crippen LogP contribution < -0.4 is 20.3 Å². The Bertz CT molecular complexity index is 1190. The van der Waals surface area contributed by atoms with Gasteiger partial charge >= 0.3 is 0 Å². The summed E-state index contributed by atoms with van der Waals surface area (Å²) in [6.07, 6.45) is 0.562. The number of morpholine rings is 1. The average Bonchev–Trinajstić information content (AvgIpc) is 2.93. The number of carbonyl (C=O) groups is 1. The van der Waals surface area contributed by atoms with Crippen LogP contribution in [-0.4, -0.2) is 103 Å². The molecule has 0 aliphatic carbocycles. The molecule has 2 saturated heterocycles. The Morgan fingerprint density at radius 2 is 1.83 bits per heavy atom. The minimum Gasteiger partial charge on any atom is -0.474 e. The normalized spacial score (nSPS) is 27.3. The van der Waals surface area contributed by atoms with Gasteiger partial charge in [-0.2, -0.15) is 4.98 Å². The molecule has 1 aromatic heterocycles. The standard InChI is InChI=1S/C31H45FN6O3/c1-6-33-30-25(11-24-7-9-26(32)10-8-24)12-28-31(35-30)41-19-23(5)38(28)29(39)16-36-14-20(2)34-13-27(36)15-37-21(3)17-40-18-22(37)4/h7-10,12,20-23,27,34H,6,11,13-19H2,1-5H3,(H,33,35)/t20-,21-,22-,23+,27-/m1/s1. The Kier molecular flexibility index (Phi) is 9.43. The molecule has 2 N–H and O–H groups in total. The molecule has 3 aliphatic heterocycles. The number of rotatable bonds is 8. The predicted octanol–water partition coefficient (Wildman–Crippen LogP) is 3.13. The summed E-state index contributed by atoms with van der Waals surface area (Å²) in [7, 11) is 0. The lowest BCUT2D eigenvalue weighted by atomic mass is 10.0. The zero-order valence-corrected chi connectivity index (χ0v) is 25.0. The van der Waals surface area contributed by atoms with Gasteiger partial charge in [0.05, 0.1) is 25.8 Å². The first kappa shape index (κ1) is 29.7. The summed E-state index contributed by atoms with van der Waals surface area (Å²) >= 11 is 0. The van der Waals surface area contributed by atoms with Crippen LogP contribution in [0, 0.1) is 5.82 Å². The van der Waals surface area contributed by atoms with E-state index in [1.165, 1.54) is 12.1 Å². The van der Waals surface area contributed by atoms with Crippen LogP contribution in [0.4, 0.5) is 15.9 Å². The highest BCUT2D eigenvalue weighted by molar-refractivity contribution is 5.97. The number of carbonyl (C=O) groups excluding carboxylic acids is 1. The Balaban J connectivity index is 1.39. The van der Waals surface area contributed by atoms with E-state index in [9.17, 15) is 9.18 Å². The van der Waals surface area contributed by atoms with Crippen molar-refractivity contribution in [3.8, 4) is 5.88 Å². The molecule has 2 fully saturated rings. The van der Waals surface area contributed by atoms with Gasteiger partial charge in [0.2, 0.25) is 11.8 Å². The Morgan fingerprint density at radius 3 is 2.54 bits per heavy atom. The van der Waals surface area contributed by atoms with Crippen LogP contribution in [0.3, 0.4) is 0 Å². The van der Waals surface area contributed by atoms with Crippen molar-refractivity contribution in [2.75, 3.05) is 62.8 Å². The van der Waals surface area contributed by atoms with Gasteiger partial charge in [-0.15, -0.1) is 0 Å². The van der Waals surface area contributed by atoms with Crippen molar-refractivity contribution in [2.45, 2.75) is 71.2 Å². The van der Waals surface area contributed by atoms with Gasteiger partial charge in [-0.1, -0.05) is 12.1 Å². The summed E-state index contributed by atoms with van der Waals surface area (Å²) in [5.41, 5.74) is 2.61. The lowest BCUT2D eigenvalue weighted by Gasteiger charge is -2.46. The largest absolute Gasteiger partial charge is 0.474 e. The minimum absolute atomic E-state index is 0.0509. The first-order valence-electron chi connectivity index (χ1n) is 15.0. The monoisotopic (exact) mass is 568 g/mol. The van der Waals surface area contributed by atoms with E-state index < -0.39 is 0 Å². The maximum atomic E-state index is 14.1.